The summed E-state index contributed by atoms with van der Waals surface area (Å²) < 4.78 is 24.9. The first-order valence-electron chi connectivity index (χ1n) is 6.19. The van der Waals surface area contributed by atoms with Crippen LogP contribution in [0.15, 0.2) is 18.2 Å². The van der Waals surface area contributed by atoms with Crippen molar-refractivity contribution in [3.63, 3.8) is 0 Å². The molecule has 0 aliphatic carbocycles. The Morgan fingerprint density at radius 2 is 2.00 bits per heavy atom. The fraction of sp³-hybridized carbons (Fsp3) is 0.333. The van der Waals surface area contributed by atoms with Crippen LogP contribution in [0.5, 0.6) is 0 Å². The second-order valence-corrected chi connectivity index (χ2v) is 7.13. The molecule has 1 aromatic heterocycles. The van der Waals surface area contributed by atoms with Crippen molar-refractivity contribution in [1.82, 2.24) is 14.7 Å². The van der Waals surface area contributed by atoms with Crippen molar-refractivity contribution in [2.75, 3.05) is 24.7 Å². The number of rotatable bonds is 6. The molecular weight excluding hydrogens is 335 g/mol. The van der Waals surface area contributed by atoms with Crippen molar-refractivity contribution < 1.29 is 8.42 Å². The summed E-state index contributed by atoms with van der Waals surface area (Å²) in [6.07, 6.45) is 0.437. The predicted octanol–water partition coefficient (Wildman–Crippen LogP) is 2.29. The maximum atomic E-state index is 11.3. The lowest BCUT2D eigenvalue weighted by molar-refractivity contribution is 0.586. The van der Waals surface area contributed by atoms with Gasteiger partial charge in [0.2, 0.25) is 15.3 Å². The van der Waals surface area contributed by atoms with Crippen LogP contribution in [0.2, 0.25) is 10.3 Å². The highest BCUT2D eigenvalue weighted by molar-refractivity contribution is 7.89. The molecule has 0 amide bonds. The summed E-state index contributed by atoms with van der Waals surface area (Å²) in [6, 6.07) is 5.21. The van der Waals surface area contributed by atoms with Gasteiger partial charge in [0.15, 0.2) is 0 Å². The smallest absolute Gasteiger partial charge is 0.224 e. The molecule has 2 rings (SSSR count). The number of fused-ring (bicyclic) bond motifs is 1. The Kier molecular flexibility index (Phi) is 5.21. The van der Waals surface area contributed by atoms with Crippen LogP contribution >= 0.6 is 23.2 Å². The highest BCUT2D eigenvalue weighted by atomic mass is 35.5. The molecule has 0 aliphatic rings. The van der Waals surface area contributed by atoms with Gasteiger partial charge in [-0.1, -0.05) is 11.6 Å². The Hall–Kier alpha value is -1.15. The lowest BCUT2D eigenvalue weighted by Gasteiger charge is -2.09. The third-order valence-corrected chi connectivity index (χ3v) is 4.68. The number of sulfonamides is 1. The van der Waals surface area contributed by atoms with Gasteiger partial charge in [-0.15, -0.1) is 0 Å². The number of anilines is 1. The second-order valence-electron chi connectivity index (χ2n) is 4.31. The van der Waals surface area contributed by atoms with Crippen LogP contribution in [0.3, 0.4) is 0 Å². The third-order valence-electron chi connectivity index (χ3n) is 2.82. The van der Waals surface area contributed by atoms with E-state index in [1.165, 1.54) is 7.05 Å². The summed E-state index contributed by atoms with van der Waals surface area (Å²) in [4.78, 5) is 8.22. The van der Waals surface area contributed by atoms with Gasteiger partial charge in [-0.25, -0.2) is 23.1 Å². The molecule has 0 saturated heterocycles. The van der Waals surface area contributed by atoms with Crippen molar-refractivity contribution >= 4 is 49.9 Å². The summed E-state index contributed by atoms with van der Waals surface area (Å²) >= 11 is 11.8. The van der Waals surface area contributed by atoms with Gasteiger partial charge in [-0.05, 0) is 43.3 Å². The second kappa shape index (κ2) is 6.74. The zero-order chi connectivity index (χ0) is 15.5. The number of nitrogens with one attached hydrogen (secondary N) is 2. The van der Waals surface area contributed by atoms with Crippen molar-refractivity contribution in [3.8, 4) is 0 Å². The first-order valence-corrected chi connectivity index (χ1v) is 8.60. The first kappa shape index (κ1) is 16.2. The maximum absolute atomic E-state index is 11.3. The molecule has 1 heterocycles. The number of nitrogens with zero attached hydrogens (tertiary/aromatic N) is 2. The molecule has 9 heteroatoms. The summed E-state index contributed by atoms with van der Waals surface area (Å²) in [5, 5.41) is 4.49. The monoisotopic (exact) mass is 348 g/mol. The van der Waals surface area contributed by atoms with Gasteiger partial charge >= 0.3 is 0 Å². The van der Waals surface area contributed by atoms with E-state index in [0.29, 0.717) is 29.3 Å². The SMILES string of the molecule is CNS(=O)(=O)CCCNc1nc(Cl)nc2ccc(Cl)cc12. The molecule has 6 nitrogen and oxygen atoms in total. The molecular formula is C12H14Cl2N4O2S. The quantitative estimate of drug-likeness (QED) is 0.618. The zero-order valence-electron chi connectivity index (χ0n) is 11.2. The van der Waals surface area contributed by atoms with Crippen LogP contribution in [0.1, 0.15) is 6.42 Å². The van der Waals surface area contributed by atoms with E-state index in [-0.39, 0.29) is 11.0 Å². The minimum absolute atomic E-state index is 0.0357. The Balaban J connectivity index is 2.13. The van der Waals surface area contributed by atoms with Gasteiger partial charge in [0.1, 0.15) is 5.82 Å². The van der Waals surface area contributed by atoms with Gasteiger partial charge in [0.25, 0.3) is 0 Å². The average Bonchev–Trinajstić information content (AvgIpc) is 2.44. The molecule has 0 aliphatic heterocycles. The zero-order valence-corrected chi connectivity index (χ0v) is 13.6. The van der Waals surface area contributed by atoms with Crippen molar-refractivity contribution in [2.24, 2.45) is 0 Å². The van der Waals surface area contributed by atoms with Crippen molar-refractivity contribution in [2.45, 2.75) is 6.42 Å². The van der Waals surface area contributed by atoms with Crippen LogP contribution in [-0.2, 0) is 10.0 Å². The minimum Gasteiger partial charge on any atom is -0.369 e. The minimum atomic E-state index is -3.20. The molecule has 114 valence electrons. The van der Waals surface area contributed by atoms with E-state index in [1.807, 2.05) is 0 Å². The van der Waals surface area contributed by atoms with Gasteiger partial charge in [-0.3, -0.25) is 0 Å². The van der Waals surface area contributed by atoms with E-state index in [0.717, 1.165) is 5.39 Å². The fourth-order valence-corrected chi connectivity index (χ4v) is 2.85. The average molecular weight is 349 g/mol. The predicted molar refractivity (Wildman–Crippen MR) is 85.5 cm³/mol. The van der Waals surface area contributed by atoms with Crippen molar-refractivity contribution in [1.29, 1.82) is 0 Å². The molecule has 0 unspecified atom stereocenters. The summed E-state index contributed by atoms with van der Waals surface area (Å²) in [6.45, 7) is 0.440. The molecule has 0 radical (unpaired) electrons. The third kappa shape index (κ3) is 4.41. The molecule has 0 fully saturated rings. The highest BCUT2D eigenvalue weighted by Gasteiger charge is 2.09. The van der Waals surface area contributed by atoms with Crippen LogP contribution in [0.25, 0.3) is 10.9 Å². The number of halogens is 2. The largest absolute Gasteiger partial charge is 0.369 e. The number of aromatic nitrogens is 2. The molecule has 2 N–H and O–H groups in total. The Labute approximate surface area is 132 Å². The number of hydrogen-bond donors (Lipinski definition) is 2. The molecule has 21 heavy (non-hydrogen) atoms. The highest BCUT2D eigenvalue weighted by Crippen LogP contribution is 2.25. The van der Waals surface area contributed by atoms with E-state index >= 15 is 0 Å². The van der Waals surface area contributed by atoms with E-state index in [9.17, 15) is 8.42 Å². The summed E-state index contributed by atoms with van der Waals surface area (Å²) in [5.74, 6) is 0.572. The van der Waals surface area contributed by atoms with Crippen molar-refractivity contribution in [3.05, 3.63) is 28.5 Å². The lowest BCUT2D eigenvalue weighted by Crippen LogP contribution is -2.23. The Morgan fingerprint density at radius 3 is 2.71 bits per heavy atom. The Bertz CT molecular complexity index is 752. The fourth-order valence-electron chi connectivity index (χ4n) is 1.78. The van der Waals surface area contributed by atoms with Gasteiger partial charge < -0.3 is 5.32 Å². The molecule has 0 spiro atoms. The molecule has 1 aromatic carbocycles. The number of hydrogen-bond acceptors (Lipinski definition) is 5. The van der Waals surface area contributed by atoms with Gasteiger partial charge in [0.05, 0.1) is 11.3 Å². The van der Waals surface area contributed by atoms with E-state index < -0.39 is 10.0 Å². The number of benzene rings is 1. The molecule has 0 atom stereocenters. The Morgan fingerprint density at radius 1 is 1.24 bits per heavy atom. The first-order chi connectivity index (χ1) is 9.91. The standard InChI is InChI=1S/C12H14Cl2N4O2S/c1-15-21(19,20)6-2-5-16-11-9-7-8(13)3-4-10(9)17-12(14)18-11/h3-4,7,15H,2,5-6H2,1H3,(H,16,17,18). The van der Waals surface area contributed by atoms with Crippen LogP contribution in [-0.4, -0.2) is 37.7 Å². The van der Waals surface area contributed by atoms with E-state index in [4.69, 9.17) is 23.2 Å². The summed E-state index contributed by atoms with van der Waals surface area (Å²) in [5.41, 5.74) is 0.671. The molecule has 0 saturated carbocycles. The van der Waals surface area contributed by atoms with Gasteiger partial charge in [-0.2, -0.15) is 0 Å². The van der Waals surface area contributed by atoms with Gasteiger partial charge in [0, 0.05) is 17.0 Å². The molecule has 0 bridgehead atoms. The normalized spacial score (nSPS) is 11.8. The van der Waals surface area contributed by atoms with E-state index in [2.05, 4.69) is 20.0 Å². The maximum Gasteiger partial charge on any atom is 0.224 e. The molecule has 2 aromatic rings. The lowest BCUT2D eigenvalue weighted by atomic mass is 10.2. The topological polar surface area (TPSA) is 84.0 Å². The van der Waals surface area contributed by atoms with Crippen LogP contribution in [0.4, 0.5) is 5.82 Å². The van der Waals surface area contributed by atoms with E-state index in [1.54, 1.807) is 18.2 Å². The van der Waals surface area contributed by atoms with Crippen LogP contribution in [0, 0.1) is 0 Å². The van der Waals surface area contributed by atoms with Crippen LogP contribution < -0.4 is 10.0 Å². The summed E-state index contributed by atoms with van der Waals surface area (Å²) in [7, 11) is -1.81.